The van der Waals surface area contributed by atoms with Crippen molar-refractivity contribution in [2.45, 2.75) is 52.4 Å². The molecule has 0 aromatic rings. The summed E-state index contributed by atoms with van der Waals surface area (Å²) in [5.74, 6) is 1.70. The van der Waals surface area contributed by atoms with Gasteiger partial charge in [-0.05, 0) is 37.0 Å². The topological polar surface area (TPSA) is 45.7 Å². The maximum Gasteiger partial charge on any atom is 0.190 e. The fraction of sp³-hybridized carbons (Fsp3) is 0.938. The van der Waals surface area contributed by atoms with Gasteiger partial charge in [-0.15, -0.1) is 24.0 Å². The van der Waals surface area contributed by atoms with Gasteiger partial charge in [0.1, 0.15) is 0 Å². The summed E-state index contributed by atoms with van der Waals surface area (Å²) in [6.45, 7) is 7.41. The van der Waals surface area contributed by atoms with Gasteiger partial charge >= 0.3 is 0 Å². The molecule has 126 valence electrons. The van der Waals surface area contributed by atoms with Crippen LogP contribution in [0.3, 0.4) is 0 Å². The highest BCUT2D eigenvalue weighted by atomic mass is 127. The lowest BCUT2D eigenvalue weighted by molar-refractivity contribution is 0.195. The van der Waals surface area contributed by atoms with E-state index in [2.05, 4.69) is 29.5 Å². The SMILES string of the molecule is CN=C(NCCCOC)NCC1(CC(C)C)CCCC1.I. The number of ether oxygens (including phenoxy) is 1. The van der Waals surface area contributed by atoms with Crippen molar-refractivity contribution in [3.63, 3.8) is 0 Å². The third-order valence-corrected chi connectivity index (χ3v) is 4.18. The van der Waals surface area contributed by atoms with Gasteiger partial charge in [0.15, 0.2) is 5.96 Å². The zero-order chi connectivity index (χ0) is 14.8. The second-order valence-electron chi connectivity index (χ2n) is 6.50. The van der Waals surface area contributed by atoms with Crippen molar-refractivity contribution in [1.29, 1.82) is 0 Å². The van der Waals surface area contributed by atoms with E-state index in [0.29, 0.717) is 5.41 Å². The Morgan fingerprint density at radius 3 is 2.43 bits per heavy atom. The second kappa shape index (κ2) is 11.5. The van der Waals surface area contributed by atoms with Gasteiger partial charge in [-0.2, -0.15) is 0 Å². The van der Waals surface area contributed by atoms with Crippen LogP contribution in [0.15, 0.2) is 4.99 Å². The van der Waals surface area contributed by atoms with E-state index < -0.39 is 0 Å². The van der Waals surface area contributed by atoms with E-state index in [9.17, 15) is 0 Å². The monoisotopic (exact) mass is 411 g/mol. The van der Waals surface area contributed by atoms with Crippen LogP contribution in [0.4, 0.5) is 0 Å². The molecule has 0 heterocycles. The molecule has 1 rings (SSSR count). The Kier molecular flexibility index (Phi) is 11.5. The molecule has 1 aliphatic carbocycles. The lowest BCUT2D eigenvalue weighted by atomic mass is 9.78. The largest absolute Gasteiger partial charge is 0.385 e. The smallest absolute Gasteiger partial charge is 0.190 e. The maximum absolute atomic E-state index is 5.06. The van der Waals surface area contributed by atoms with Gasteiger partial charge < -0.3 is 15.4 Å². The summed E-state index contributed by atoms with van der Waals surface area (Å²) >= 11 is 0. The Morgan fingerprint density at radius 2 is 1.90 bits per heavy atom. The van der Waals surface area contributed by atoms with Gasteiger partial charge in [0.25, 0.3) is 0 Å². The van der Waals surface area contributed by atoms with Gasteiger partial charge in [-0.1, -0.05) is 26.7 Å². The molecule has 0 aromatic carbocycles. The Labute approximate surface area is 147 Å². The van der Waals surface area contributed by atoms with Crippen molar-refractivity contribution in [3.8, 4) is 0 Å². The Morgan fingerprint density at radius 1 is 1.24 bits per heavy atom. The van der Waals surface area contributed by atoms with Crippen molar-refractivity contribution in [1.82, 2.24) is 10.6 Å². The van der Waals surface area contributed by atoms with Gasteiger partial charge in [0, 0.05) is 33.9 Å². The molecule has 1 fully saturated rings. The van der Waals surface area contributed by atoms with E-state index in [-0.39, 0.29) is 24.0 Å². The van der Waals surface area contributed by atoms with Crippen LogP contribution in [0.5, 0.6) is 0 Å². The highest BCUT2D eigenvalue weighted by Crippen LogP contribution is 2.42. The van der Waals surface area contributed by atoms with Crippen LogP contribution in [0, 0.1) is 11.3 Å². The number of hydrogen-bond donors (Lipinski definition) is 2. The van der Waals surface area contributed by atoms with E-state index in [1.807, 2.05) is 7.05 Å². The Hall–Kier alpha value is -0.0400. The molecule has 0 bridgehead atoms. The summed E-state index contributed by atoms with van der Waals surface area (Å²) in [4.78, 5) is 4.31. The van der Waals surface area contributed by atoms with Crippen LogP contribution >= 0.6 is 24.0 Å². The summed E-state index contributed by atoms with van der Waals surface area (Å²) in [6, 6.07) is 0. The third-order valence-electron chi connectivity index (χ3n) is 4.18. The zero-order valence-electron chi connectivity index (χ0n) is 14.2. The number of nitrogens with zero attached hydrogens (tertiary/aromatic N) is 1. The molecule has 1 saturated carbocycles. The maximum atomic E-state index is 5.06. The number of nitrogens with one attached hydrogen (secondary N) is 2. The van der Waals surface area contributed by atoms with E-state index in [0.717, 1.165) is 38.0 Å². The first kappa shape index (κ1) is 21.0. The lowest BCUT2D eigenvalue weighted by Crippen LogP contribution is -2.43. The highest BCUT2D eigenvalue weighted by molar-refractivity contribution is 14.0. The summed E-state index contributed by atoms with van der Waals surface area (Å²) in [5, 5.41) is 6.89. The normalized spacial score (nSPS) is 17.7. The molecular weight excluding hydrogens is 377 g/mol. The minimum atomic E-state index is 0. The highest BCUT2D eigenvalue weighted by Gasteiger charge is 2.34. The number of methoxy groups -OCH3 is 1. The quantitative estimate of drug-likeness (QED) is 0.279. The molecule has 1 aliphatic rings. The van der Waals surface area contributed by atoms with E-state index >= 15 is 0 Å². The fourth-order valence-corrected chi connectivity index (χ4v) is 3.36. The van der Waals surface area contributed by atoms with Crippen LogP contribution in [-0.4, -0.2) is 39.8 Å². The summed E-state index contributed by atoms with van der Waals surface area (Å²) < 4.78 is 5.06. The number of rotatable bonds is 8. The van der Waals surface area contributed by atoms with Crippen molar-refractivity contribution in [2.75, 3.05) is 33.9 Å². The molecule has 0 radical (unpaired) electrons. The predicted octanol–water partition coefficient (Wildman–Crippen LogP) is 3.41. The first-order chi connectivity index (χ1) is 9.62. The van der Waals surface area contributed by atoms with Gasteiger partial charge in [0.2, 0.25) is 0 Å². The van der Waals surface area contributed by atoms with Crippen molar-refractivity contribution in [3.05, 3.63) is 0 Å². The Balaban J connectivity index is 0.00000400. The van der Waals surface area contributed by atoms with Gasteiger partial charge in [0.05, 0.1) is 0 Å². The van der Waals surface area contributed by atoms with Gasteiger partial charge in [-0.3, -0.25) is 4.99 Å². The van der Waals surface area contributed by atoms with Gasteiger partial charge in [-0.25, -0.2) is 0 Å². The van der Waals surface area contributed by atoms with Crippen LogP contribution in [-0.2, 0) is 4.74 Å². The molecule has 5 heteroatoms. The molecule has 4 nitrogen and oxygen atoms in total. The zero-order valence-corrected chi connectivity index (χ0v) is 16.5. The number of aliphatic imine (C=N–C) groups is 1. The minimum Gasteiger partial charge on any atom is -0.385 e. The summed E-state index contributed by atoms with van der Waals surface area (Å²) in [7, 11) is 3.58. The van der Waals surface area contributed by atoms with Crippen LogP contribution in [0.1, 0.15) is 52.4 Å². The molecule has 0 amide bonds. The first-order valence-corrected chi connectivity index (χ1v) is 8.05. The molecule has 0 atom stereocenters. The predicted molar refractivity (Wildman–Crippen MR) is 102 cm³/mol. The lowest BCUT2D eigenvalue weighted by Gasteiger charge is -2.31. The van der Waals surface area contributed by atoms with Crippen LogP contribution < -0.4 is 10.6 Å². The van der Waals surface area contributed by atoms with Crippen LogP contribution in [0.2, 0.25) is 0 Å². The molecule has 0 spiro atoms. The molecule has 0 aliphatic heterocycles. The molecule has 0 aromatic heterocycles. The number of halogens is 1. The minimum absolute atomic E-state index is 0. The third kappa shape index (κ3) is 8.24. The average molecular weight is 411 g/mol. The molecule has 21 heavy (non-hydrogen) atoms. The second-order valence-corrected chi connectivity index (χ2v) is 6.50. The van der Waals surface area contributed by atoms with Crippen molar-refractivity contribution >= 4 is 29.9 Å². The average Bonchev–Trinajstić information content (AvgIpc) is 2.86. The summed E-state index contributed by atoms with van der Waals surface area (Å²) in [5.41, 5.74) is 0.484. The summed E-state index contributed by atoms with van der Waals surface area (Å²) in [6.07, 6.45) is 7.81. The van der Waals surface area contributed by atoms with Crippen molar-refractivity contribution in [2.24, 2.45) is 16.3 Å². The van der Waals surface area contributed by atoms with E-state index in [1.54, 1.807) is 7.11 Å². The van der Waals surface area contributed by atoms with E-state index in [4.69, 9.17) is 4.74 Å². The Bertz CT molecular complexity index is 289. The van der Waals surface area contributed by atoms with Crippen molar-refractivity contribution < 1.29 is 4.74 Å². The molecule has 2 N–H and O–H groups in total. The van der Waals surface area contributed by atoms with Crippen LogP contribution in [0.25, 0.3) is 0 Å². The standard InChI is InChI=1S/C16H33N3O.HI/c1-14(2)12-16(8-5-6-9-16)13-19-15(17-3)18-10-7-11-20-4;/h14H,5-13H2,1-4H3,(H2,17,18,19);1H. The molecule has 0 unspecified atom stereocenters. The fourth-order valence-electron chi connectivity index (χ4n) is 3.36. The molecule has 0 saturated heterocycles. The number of hydrogen-bond acceptors (Lipinski definition) is 2. The van der Waals surface area contributed by atoms with E-state index in [1.165, 1.54) is 32.1 Å². The molecular formula is C16H34IN3O. The first-order valence-electron chi connectivity index (χ1n) is 8.05. The number of guanidine groups is 1.